The van der Waals surface area contributed by atoms with Gasteiger partial charge in [-0.05, 0) is 30.7 Å². The fraction of sp³-hybridized carbons (Fsp3) is 0.316. The lowest BCUT2D eigenvalue weighted by Crippen LogP contribution is -2.41. The van der Waals surface area contributed by atoms with Crippen LogP contribution in [0.2, 0.25) is 0 Å². The van der Waals surface area contributed by atoms with Crippen LogP contribution in [0.15, 0.2) is 36.7 Å². The molecule has 2 amide bonds. The first-order chi connectivity index (χ1) is 12.5. The molecule has 0 aliphatic carbocycles. The molecule has 1 aliphatic heterocycles. The molecule has 1 aliphatic rings. The number of benzene rings is 1. The Balaban J connectivity index is 1.71. The normalized spacial score (nSPS) is 14.6. The highest BCUT2D eigenvalue weighted by molar-refractivity contribution is 6.04. The first kappa shape index (κ1) is 17.9. The van der Waals surface area contributed by atoms with Gasteiger partial charge in [-0.1, -0.05) is 6.07 Å². The second-order valence-corrected chi connectivity index (χ2v) is 6.15. The number of ether oxygens (including phenoxy) is 1. The third-order valence-electron chi connectivity index (χ3n) is 4.27. The van der Waals surface area contributed by atoms with Gasteiger partial charge in [0.1, 0.15) is 0 Å². The lowest BCUT2D eigenvalue weighted by Gasteiger charge is -2.27. The number of carbonyl (C=O) groups is 2. The van der Waals surface area contributed by atoms with Crippen LogP contribution in [0.1, 0.15) is 21.5 Å². The summed E-state index contributed by atoms with van der Waals surface area (Å²) in [6, 6.07) is 5.36. The summed E-state index contributed by atoms with van der Waals surface area (Å²) in [5, 5.41) is 6.89. The summed E-state index contributed by atoms with van der Waals surface area (Å²) >= 11 is 0. The fourth-order valence-electron chi connectivity index (χ4n) is 2.81. The molecule has 1 aromatic carbocycles. The van der Waals surface area contributed by atoms with E-state index in [-0.39, 0.29) is 11.8 Å². The van der Waals surface area contributed by atoms with Gasteiger partial charge in [0.25, 0.3) is 5.91 Å². The van der Waals surface area contributed by atoms with E-state index in [9.17, 15) is 9.59 Å². The molecule has 0 spiro atoms. The molecule has 0 unspecified atom stereocenters. The highest BCUT2D eigenvalue weighted by Crippen LogP contribution is 2.21. The van der Waals surface area contributed by atoms with Gasteiger partial charge >= 0.3 is 0 Å². The van der Waals surface area contributed by atoms with E-state index in [0.29, 0.717) is 37.6 Å². The number of amides is 2. The molecule has 136 valence electrons. The van der Waals surface area contributed by atoms with Crippen molar-refractivity contribution in [3.8, 4) is 0 Å². The summed E-state index contributed by atoms with van der Waals surface area (Å²) in [5.74, 6) is -0.291. The highest BCUT2D eigenvalue weighted by atomic mass is 16.5. The number of aromatic nitrogens is 2. The Bertz CT molecular complexity index is 835. The summed E-state index contributed by atoms with van der Waals surface area (Å²) in [4.78, 5) is 26.7. The zero-order valence-corrected chi connectivity index (χ0v) is 14.9. The predicted molar refractivity (Wildman–Crippen MR) is 98.8 cm³/mol. The van der Waals surface area contributed by atoms with Crippen molar-refractivity contribution in [2.45, 2.75) is 6.92 Å². The van der Waals surface area contributed by atoms with Gasteiger partial charge in [0.15, 0.2) is 0 Å². The number of nitrogens with one attached hydrogen (secondary N) is 1. The van der Waals surface area contributed by atoms with Crippen molar-refractivity contribution in [2.24, 2.45) is 7.05 Å². The van der Waals surface area contributed by atoms with Gasteiger partial charge in [-0.2, -0.15) is 5.10 Å². The van der Waals surface area contributed by atoms with Gasteiger partial charge < -0.3 is 15.0 Å². The summed E-state index contributed by atoms with van der Waals surface area (Å²) in [5.41, 5.74) is 2.83. The minimum absolute atomic E-state index is 0.0344. The SMILES string of the molecule is Cc1c(NC(=O)/C=C/c2cnn(C)c2)cccc1C(=O)N1CCOCC1. The average molecular weight is 354 g/mol. The molecular weight excluding hydrogens is 332 g/mol. The lowest BCUT2D eigenvalue weighted by atomic mass is 10.0. The van der Waals surface area contributed by atoms with Crippen LogP contribution in [0, 0.1) is 6.92 Å². The maximum absolute atomic E-state index is 12.7. The molecule has 2 heterocycles. The first-order valence-corrected chi connectivity index (χ1v) is 8.49. The second kappa shape index (κ2) is 7.97. The monoisotopic (exact) mass is 354 g/mol. The fourth-order valence-corrected chi connectivity index (χ4v) is 2.81. The minimum atomic E-state index is -0.257. The maximum atomic E-state index is 12.7. The van der Waals surface area contributed by atoms with Gasteiger partial charge in [-0.25, -0.2) is 0 Å². The highest BCUT2D eigenvalue weighted by Gasteiger charge is 2.21. The van der Waals surface area contributed by atoms with Crippen LogP contribution in [-0.2, 0) is 16.6 Å². The molecule has 7 heteroatoms. The zero-order chi connectivity index (χ0) is 18.5. The summed E-state index contributed by atoms with van der Waals surface area (Å²) in [6.07, 6.45) is 6.64. The number of carbonyl (C=O) groups excluding carboxylic acids is 2. The average Bonchev–Trinajstić information content (AvgIpc) is 3.07. The Morgan fingerprint density at radius 2 is 2.04 bits per heavy atom. The van der Waals surface area contributed by atoms with E-state index in [1.807, 2.05) is 20.2 Å². The molecular formula is C19H22N4O3. The van der Waals surface area contributed by atoms with Crippen molar-refractivity contribution in [3.05, 3.63) is 53.4 Å². The molecule has 2 aromatic rings. The molecule has 0 bridgehead atoms. The Morgan fingerprint density at radius 3 is 2.73 bits per heavy atom. The Morgan fingerprint density at radius 1 is 1.27 bits per heavy atom. The van der Waals surface area contributed by atoms with E-state index in [1.54, 1.807) is 40.1 Å². The predicted octanol–water partition coefficient (Wildman–Crippen LogP) is 1.85. The quantitative estimate of drug-likeness (QED) is 0.850. The molecule has 0 saturated carbocycles. The Kier molecular flexibility index (Phi) is 5.48. The van der Waals surface area contributed by atoms with Crippen LogP contribution >= 0.6 is 0 Å². The Labute approximate surface area is 152 Å². The van der Waals surface area contributed by atoms with Crippen molar-refractivity contribution < 1.29 is 14.3 Å². The molecule has 0 radical (unpaired) electrons. The maximum Gasteiger partial charge on any atom is 0.254 e. The summed E-state index contributed by atoms with van der Waals surface area (Å²) < 4.78 is 6.96. The molecule has 1 saturated heterocycles. The number of nitrogens with zero attached hydrogens (tertiary/aromatic N) is 3. The van der Waals surface area contributed by atoms with Gasteiger partial charge in [-0.15, -0.1) is 0 Å². The van der Waals surface area contributed by atoms with Crippen LogP contribution in [0.3, 0.4) is 0 Å². The number of rotatable bonds is 4. The van der Waals surface area contributed by atoms with Crippen molar-refractivity contribution in [1.82, 2.24) is 14.7 Å². The van der Waals surface area contributed by atoms with Crippen LogP contribution in [0.5, 0.6) is 0 Å². The number of morpholine rings is 1. The van der Waals surface area contributed by atoms with Crippen LogP contribution in [0.4, 0.5) is 5.69 Å². The van der Waals surface area contributed by atoms with Crippen LogP contribution < -0.4 is 5.32 Å². The van der Waals surface area contributed by atoms with E-state index < -0.39 is 0 Å². The third kappa shape index (κ3) is 4.18. The molecule has 3 rings (SSSR count). The number of hydrogen-bond acceptors (Lipinski definition) is 4. The topological polar surface area (TPSA) is 76.5 Å². The van der Waals surface area contributed by atoms with Gasteiger partial charge in [0.2, 0.25) is 5.91 Å². The van der Waals surface area contributed by atoms with Crippen molar-refractivity contribution in [2.75, 3.05) is 31.6 Å². The summed E-state index contributed by atoms with van der Waals surface area (Å²) in [6.45, 7) is 4.13. The van der Waals surface area contributed by atoms with Crippen molar-refractivity contribution in [1.29, 1.82) is 0 Å². The van der Waals surface area contributed by atoms with E-state index in [0.717, 1.165) is 11.1 Å². The lowest BCUT2D eigenvalue weighted by molar-refractivity contribution is -0.111. The third-order valence-corrected chi connectivity index (χ3v) is 4.27. The van der Waals surface area contributed by atoms with Gasteiger partial charge in [0.05, 0.1) is 19.4 Å². The molecule has 1 fully saturated rings. The number of anilines is 1. The summed E-state index contributed by atoms with van der Waals surface area (Å²) in [7, 11) is 1.82. The first-order valence-electron chi connectivity index (χ1n) is 8.49. The minimum Gasteiger partial charge on any atom is -0.378 e. The van der Waals surface area contributed by atoms with E-state index in [2.05, 4.69) is 10.4 Å². The number of hydrogen-bond donors (Lipinski definition) is 1. The van der Waals surface area contributed by atoms with E-state index >= 15 is 0 Å². The second-order valence-electron chi connectivity index (χ2n) is 6.15. The standard InChI is InChI=1S/C19H22N4O3/c1-14-16(19(25)23-8-10-26-11-9-23)4-3-5-17(14)21-18(24)7-6-15-12-20-22(2)13-15/h3-7,12-13H,8-11H2,1-2H3,(H,21,24)/b7-6+. The largest absolute Gasteiger partial charge is 0.378 e. The smallest absolute Gasteiger partial charge is 0.254 e. The molecule has 26 heavy (non-hydrogen) atoms. The molecule has 0 atom stereocenters. The number of aryl methyl sites for hydroxylation is 1. The van der Waals surface area contributed by atoms with E-state index in [1.165, 1.54) is 6.08 Å². The van der Waals surface area contributed by atoms with Gasteiger partial charge in [-0.3, -0.25) is 14.3 Å². The van der Waals surface area contributed by atoms with Crippen molar-refractivity contribution in [3.63, 3.8) is 0 Å². The van der Waals surface area contributed by atoms with E-state index in [4.69, 9.17) is 4.74 Å². The van der Waals surface area contributed by atoms with Crippen LogP contribution in [-0.4, -0.2) is 52.8 Å². The molecule has 1 aromatic heterocycles. The molecule has 7 nitrogen and oxygen atoms in total. The van der Waals surface area contributed by atoms with Gasteiger partial charge in [0, 0.05) is 49.2 Å². The van der Waals surface area contributed by atoms with Crippen molar-refractivity contribution >= 4 is 23.6 Å². The Hall–Kier alpha value is -2.93. The van der Waals surface area contributed by atoms with Crippen LogP contribution in [0.25, 0.3) is 6.08 Å². The molecule has 1 N–H and O–H groups in total. The zero-order valence-electron chi connectivity index (χ0n) is 14.9.